The molecule has 0 fully saturated rings. The topological polar surface area (TPSA) is 34.1 Å². The van der Waals surface area contributed by atoms with Crippen molar-refractivity contribution in [2.75, 3.05) is 13.7 Å². The molecule has 0 aliphatic heterocycles. The lowest BCUT2D eigenvalue weighted by Crippen LogP contribution is -2.22. The third-order valence-electron chi connectivity index (χ3n) is 2.05. The first-order valence-corrected chi connectivity index (χ1v) is 5.98. The summed E-state index contributed by atoms with van der Waals surface area (Å²) in [7, 11) is 1.68. The summed E-state index contributed by atoms with van der Waals surface area (Å²) < 4.78 is 42.5. The van der Waals surface area contributed by atoms with Crippen LogP contribution in [-0.4, -0.2) is 24.7 Å². The van der Waals surface area contributed by atoms with E-state index in [1.807, 2.05) is 13.8 Å². The second kappa shape index (κ2) is 5.79. The Morgan fingerprint density at radius 2 is 2.12 bits per heavy atom. The Bertz CT molecular complexity index is 352. The van der Waals surface area contributed by atoms with E-state index in [1.165, 1.54) is 6.20 Å². The fraction of sp³-hybridized carbons (Fsp3) is 0.700. The molecule has 1 heterocycles. The van der Waals surface area contributed by atoms with Gasteiger partial charge in [0.25, 0.3) is 0 Å². The minimum Gasteiger partial charge on any atom is -0.377 e. The molecule has 0 spiro atoms. The number of halogens is 3. The van der Waals surface area contributed by atoms with Crippen molar-refractivity contribution >= 4 is 11.3 Å². The van der Waals surface area contributed by atoms with Crippen LogP contribution in [0.3, 0.4) is 0 Å². The standard InChI is InChI=1S/C10H15F3N2OS/c1-6(2)16-5-7(14-3)8-4-15-9(17-8)10(11,12)13/h4,6-7,14H,5H2,1-3H3. The molecule has 0 radical (unpaired) electrons. The molecule has 0 aliphatic rings. The minimum atomic E-state index is -4.37. The number of nitrogens with one attached hydrogen (secondary N) is 1. The van der Waals surface area contributed by atoms with E-state index in [9.17, 15) is 13.2 Å². The summed E-state index contributed by atoms with van der Waals surface area (Å²) in [5.41, 5.74) is 0. The van der Waals surface area contributed by atoms with E-state index in [-0.39, 0.29) is 12.1 Å². The highest BCUT2D eigenvalue weighted by molar-refractivity contribution is 7.11. The van der Waals surface area contributed by atoms with Crippen molar-refractivity contribution < 1.29 is 17.9 Å². The van der Waals surface area contributed by atoms with Gasteiger partial charge >= 0.3 is 6.18 Å². The molecule has 1 aromatic rings. The van der Waals surface area contributed by atoms with Crippen LogP contribution in [0.2, 0.25) is 0 Å². The number of hydrogen-bond acceptors (Lipinski definition) is 4. The molecule has 0 aliphatic carbocycles. The van der Waals surface area contributed by atoms with Gasteiger partial charge in [0.1, 0.15) is 0 Å². The van der Waals surface area contributed by atoms with Gasteiger partial charge in [-0.2, -0.15) is 13.2 Å². The molecule has 0 amide bonds. The van der Waals surface area contributed by atoms with Crippen LogP contribution in [0, 0.1) is 0 Å². The first-order valence-electron chi connectivity index (χ1n) is 5.16. The smallest absolute Gasteiger partial charge is 0.377 e. The highest BCUT2D eigenvalue weighted by Crippen LogP contribution is 2.34. The molecule has 0 aromatic carbocycles. The maximum absolute atomic E-state index is 12.4. The number of nitrogens with zero attached hydrogens (tertiary/aromatic N) is 1. The molecular formula is C10H15F3N2OS. The number of ether oxygens (including phenoxy) is 1. The fourth-order valence-electron chi connectivity index (χ4n) is 1.18. The van der Waals surface area contributed by atoms with Gasteiger partial charge in [0.05, 0.1) is 18.8 Å². The Hall–Kier alpha value is -0.660. The summed E-state index contributed by atoms with van der Waals surface area (Å²) in [4.78, 5) is 3.91. The largest absolute Gasteiger partial charge is 0.443 e. The van der Waals surface area contributed by atoms with Crippen molar-refractivity contribution in [3.63, 3.8) is 0 Å². The van der Waals surface area contributed by atoms with Crippen molar-refractivity contribution in [1.82, 2.24) is 10.3 Å². The average Bonchev–Trinajstić information content (AvgIpc) is 2.67. The average molecular weight is 268 g/mol. The Labute approximate surface area is 102 Å². The van der Waals surface area contributed by atoms with Crippen LogP contribution in [0.15, 0.2) is 6.20 Å². The third kappa shape index (κ3) is 4.25. The molecule has 0 saturated heterocycles. The minimum absolute atomic E-state index is 0.0425. The normalized spacial score (nSPS) is 14.3. The zero-order valence-electron chi connectivity index (χ0n) is 9.84. The first kappa shape index (κ1) is 14.4. The van der Waals surface area contributed by atoms with Crippen LogP contribution in [0.25, 0.3) is 0 Å². The summed E-state index contributed by atoms with van der Waals surface area (Å²) in [6.45, 7) is 4.08. The molecule has 1 rings (SSSR count). The molecule has 98 valence electrons. The molecule has 0 bridgehead atoms. The van der Waals surface area contributed by atoms with Gasteiger partial charge in [-0.1, -0.05) is 0 Å². The van der Waals surface area contributed by atoms with Crippen molar-refractivity contribution in [3.8, 4) is 0 Å². The monoisotopic (exact) mass is 268 g/mol. The van der Waals surface area contributed by atoms with Crippen LogP contribution in [0.4, 0.5) is 13.2 Å². The van der Waals surface area contributed by atoms with Gasteiger partial charge < -0.3 is 10.1 Å². The Morgan fingerprint density at radius 3 is 2.53 bits per heavy atom. The van der Waals surface area contributed by atoms with E-state index in [0.29, 0.717) is 22.8 Å². The number of thiazole rings is 1. The summed E-state index contributed by atoms with van der Waals surface area (Å²) in [6, 6.07) is -0.258. The third-order valence-corrected chi connectivity index (χ3v) is 3.21. The van der Waals surface area contributed by atoms with Gasteiger partial charge in [0.15, 0.2) is 5.01 Å². The number of rotatable bonds is 5. The number of aromatic nitrogens is 1. The highest BCUT2D eigenvalue weighted by Gasteiger charge is 2.35. The molecule has 1 N–H and O–H groups in total. The Morgan fingerprint density at radius 1 is 1.47 bits per heavy atom. The van der Waals surface area contributed by atoms with Gasteiger partial charge in [0, 0.05) is 11.1 Å². The second-order valence-electron chi connectivity index (χ2n) is 3.79. The van der Waals surface area contributed by atoms with Crippen LogP contribution < -0.4 is 5.32 Å². The summed E-state index contributed by atoms with van der Waals surface area (Å²) in [5.74, 6) is 0. The zero-order valence-corrected chi connectivity index (χ0v) is 10.7. The van der Waals surface area contributed by atoms with E-state index in [1.54, 1.807) is 7.05 Å². The number of alkyl halides is 3. The van der Waals surface area contributed by atoms with Crippen molar-refractivity contribution in [2.45, 2.75) is 32.2 Å². The second-order valence-corrected chi connectivity index (χ2v) is 4.85. The molecule has 17 heavy (non-hydrogen) atoms. The first-order chi connectivity index (χ1) is 7.84. The lowest BCUT2D eigenvalue weighted by molar-refractivity contribution is -0.137. The predicted octanol–water partition coefficient (Wildman–Crippen LogP) is 2.85. The van der Waals surface area contributed by atoms with Crippen molar-refractivity contribution in [3.05, 3.63) is 16.1 Å². The van der Waals surface area contributed by atoms with Gasteiger partial charge in [-0.25, -0.2) is 4.98 Å². The van der Waals surface area contributed by atoms with E-state index in [2.05, 4.69) is 10.3 Å². The lowest BCUT2D eigenvalue weighted by atomic mass is 10.3. The van der Waals surface area contributed by atoms with Crippen LogP contribution in [0.1, 0.15) is 29.8 Å². The maximum atomic E-state index is 12.4. The quantitative estimate of drug-likeness (QED) is 0.891. The molecule has 3 nitrogen and oxygen atoms in total. The summed E-state index contributed by atoms with van der Waals surface area (Å²) in [6.07, 6.45) is -3.08. The van der Waals surface area contributed by atoms with E-state index in [4.69, 9.17) is 4.74 Å². The van der Waals surface area contributed by atoms with Crippen LogP contribution in [0.5, 0.6) is 0 Å². The van der Waals surface area contributed by atoms with Gasteiger partial charge in [0.2, 0.25) is 0 Å². The summed E-state index contributed by atoms with van der Waals surface area (Å²) >= 11 is 0.646. The number of likely N-dealkylation sites (N-methyl/N-ethyl adjacent to an activating group) is 1. The van der Waals surface area contributed by atoms with E-state index in [0.717, 1.165) is 0 Å². The molecule has 1 unspecified atom stereocenters. The van der Waals surface area contributed by atoms with Crippen molar-refractivity contribution in [1.29, 1.82) is 0 Å². The SMILES string of the molecule is CNC(COC(C)C)c1cnc(C(F)(F)F)s1. The van der Waals surface area contributed by atoms with Crippen LogP contribution in [-0.2, 0) is 10.9 Å². The molecule has 0 saturated carbocycles. The molecule has 1 atom stereocenters. The van der Waals surface area contributed by atoms with E-state index >= 15 is 0 Å². The van der Waals surface area contributed by atoms with Gasteiger partial charge in [-0.05, 0) is 20.9 Å². The van der Waals surface area contributed by atoms with Gasteiger partial charge in [-0.15, -0.1) is 11.3 Å². The highest BCUT2D eigenvalue weighted by atomic mass is 32.1. The maximum Gasteiger partial charge on any atom is 0.443 e. The Kier molecular flexibility index (Phi) is 4.91. The van der Waals surface area contributed by atoms with Crippen molar-refractivity contribution in [2.24, 2.45) is 0 Å². The fourth-order valence-corrected chi connectivity index (χ4v) is 2.05. The van der Waals surface area contributed by atoms with Gasteiger partial charge in [-0.3, -0.25) is 0 Å². The predicted molar refractivity (Wildman–Crippen MR) is 60.0 cm³/mol. The van der Waals surface area contributed by atoms with Crippen LogP contribution >= 0.6 is 11.3 Å². The van der Waals surface area contributed by atoms with E-state index < -0.39 is 11.2 Å². The number of hydrogen-bond donors (Lipinski definition) is 1. The zero-order chi connectivity index (χ0) is 13.1. The Balaban J connectivity index is 2.72. The molecule has 1 aromatic heterocycles. The summed E-state index contributed by atoms with van der Waals surface area (Å²) in [5, 5.41) is 2.09. The molecular weight excluding hydrogens is 253 g/mol. The molecule has 7 heteroatoms. The lowest BCUT2D eigenvalue weighted by Gasteiger charge is -2.16.